The van der Waals surface area contributed by atoms with Crippen LogP contribution in [-0.4, -0.2) is 24.0 Å². The van der Waals surface area contributed by atoms with Gasteiger partial charge in [0.1, 0.15) is 5.41 Å². The van der Waals surface area contributed by atoms with Gasteiger partial charge in [-0.15, -0.1) is 11.8 Å². The molecule has 1 amide bonds. The van der Waals surface area contributed by atoms with E-state index in [1.807, 2.05) is 49.5 Å². The van der Waals surface area contributed by atoms with Crippen LogP contribution in [0, 0.1) is 6.92 Å². The number of anilines is 1. The molecule has 1 heterocycles. The van der Waals surface area contributed by atoms with Crippen LogP contribution >= 0.6 is 11.8 Å². The van der Waals surface area contributed by atoms with E-state index in [9.17, 15) is 9.59 Å². The second-order valence-electron chi connectivity index (χ2n) is 6.63. The van der Waals surface area contributed by atoms with Crippen molar-refractivity contribution in [3.8, 4) is 0 Å². The van der Waals surface area contributed by atoms with Crippen molar-refractivity contribution in [3.63, 3.8) is 0 Å². The van der Waals surface area contributed by atoms with Gasteiger partial charge in [-0.2, -0.15) is 0 Å². The summed E-state index contributed by atoms with van der Waals surface area (Å²) in [6.07, 6.45) is 3.78. The third-order valence-electron chi connectivity index (χ3n) is 5.16. The first-order chi connectivity index (χ1) is 12.0. The Bertz CT molecular complexity index is 904. The fourth-order valence-corrected chi connectivity index (χ4v) is 5.27. The molecule has 2 aromatic carbocycles. The van der Waals surface area contributed by atoms with Gasteiger partial charge in [-0.3, -0.25) is 9.59 Å². The van der Waals surface area contributed by atoms with Gasteiger partial charge in [-0.1, -0.05) is 42.5 Å². The number of hydrogen-bond donors (Lipinski definition) is 0. The van der Waals surface area contributed by atoms with Crippen LogP contribution in [0.15, 0.2) is 65.6 Å². The van der Waals surface area contributed by atoms with Gasteiger partial charge >= 0.3 is 0 Å². The number of para-hydroxylation sites is 1. The molecule has 1 spiro atoms. The highest BCUT2D eigenvalue weighted by molar-refractivity contribution is 8.00. The molecule has 25 heavy (non-hydrogen) atoms. The van der Waals surface area contributed by atoms with E-state index in [0.717, 1.165) is 21.7 Å². The van der Waals surface area contributed by atoms with Crippen molar-refractivity contribution in [2.24, 2.45) is 0 Å². The van der Waals surface area contributed by atoms with E-state index in [1.54, 1.807) is 22.7 Å². The molecule has 1 aliphatic carbocycles. The van der Waals surface area contributed by atoms with Crippen molar-refractivity contribution < 1.29 is 9.59 Å². The Kier molecular flexibility index (Phi) is 3.80. The van der Waals surface area contributed by atoms with Crippen molar-refractivity contribution in [2.45, 2.75) is 28.9 Å². The fraction of sp³-hybridized carbons (Fsp3) is 0.238. The minimum absolute atomic E-state index is 0.0449. The van der Waals surface area contributed by atoms with E-state index in [0.29, 0.717) is 6.42 Å². The number of nitrogens with zero attached hydrogens (tertiary/aromatic N) is 1. The molecule has 0 radical (unpaired) electrons. The average Bonchev–Trinajstić information content (AvgIpc) is 2.83. The van der Waals surface area contributed by atoms with Gasteiger partial charge in [0.05, 0.1) is 0 Å². The maximum absolute atomic E-state index is 13.3. The summed E-state index contributed by atoms with van der Waals surface area (Å²) in [7, 11) is 1.82. The predicted octanol–water partition coefficient (Wildman–Crippen LogP) is 3.90. The Morgan fingerprint density at radius 2 is 1.80 bits per heavy atom. The Labute approximate surface area is 151 Å². The Balaban J connectivity index is 1.86. The van der Waals surface area contributed by atoms with E-state index in [-0.39, 0.29) is 16.9 Å². The van der Waals surface area contributed by atoms with Gasteiger partial charge in [0, 0.05) is 29.3 Å². The molecule has 0 saturated heterocycles. The highest BCUT2D eigenvalue weighted by atomic mass is 32.2. The van der Waals surface area contributed by atoms with Crippen LogP contribution in [0.25, 0.3) is 0 Å². The maximum Gasteiger partial charge on any atom is 0.242 e. The standard InChI is InChI=1S/C21H19NO2S/c1-14-7-3-6-10-18(14)25-19-13-15(23)11-12-21(19)16-8-4-5-9-17(16)22(2)20(21)24/h3-12,19H,13H2,1-2H3. The lowest BCUT2D eigenvalue weighted by atomic mass is 9.73. The van der Waals surface area contributed by atoms with Crippen LogP contribution in [0.5, 0.6) is 0 Å². The van der Waals surface area contributed by atoms with E-state index >= 15 is 0 Å². The van der Waals surface area contributed by atoms with Crippen LogP contribution in [0.3, 0.4) is 0 Å². The first kappa shape index (κ1) is 16.2. The Morgan fingerprint density at radius 1 is 1.08 bits per heavy atom. The second-order valence-corrected chi connectivity index (χ2v) is 7.87. The number of carbonyl (C=O) groups is 2. The highest BCUT2D eigenvalue weighted by Crippen LogP contribution is 2.51. The summed E-state index contributed by atoms with van der Waals surface area (Å²) in [5, 5.41) is -0.148. The lowest BCUT2D eigenvalue weighted by molar-refractivity contribution is -0.122. The lowest BCUT2D eigenvalue weighted by Crippen LogP contribution is -2.47. The van der Waals surface area contributed by atoms with Gasteiger partial charge in [-0.25, -0.2) is 0 Å². The van der Waals surface area contributed by atoms with Crippen molar-refractivity contribution in [3.05, 3.63) is 71.8 Å². The maximum atomic E-state index is 13.3. The molecule has 0 fully saturated rings. The van der Waals surface area contributed by atoms with Gasteiger partial charge in [0.15, 0.2) is 5.78 Å². The lowest BCUT2D eigenvalue weighted by Gasteiger charge is -2.35. The average molecular weight is 349 g/mol. The molecule has 4 rings (SSSR count). The van der Waals surface area contributed by atoms with Gasteiger partial charge in [0.2, 0.25) is 5.91 Å². The molecule has 2 aliphatic rings. The molecule has 3 nitrogen and oxygen atoms in total. The molecule has 2 aromatic rings. The molecule has 0 aromatic heterocycles. The quantitative estimate of drug-likeness (QED) is 0.825. The fourth-order valence-electron chi connectivity index (χ4n) is 3.81. The number of carbonyl (C=O) groups excluding carboxylic acids is 2. The van der Waals surface area contributed by atoms with Crippen LogP contribution in [0.4, 0.5) is 5.69 Å². The minimum atomic E-state index is -0.772. The zero-order valence-electron chi connectivity index (χ0n) is 14.2. The van der Waals surface area contributed by atoms with Gasteiger partial charge in [-0.05, 0) is 36.3 Å². The molecule has 126 valence electrons. The molecule has 0 saturated carbocycles. The number of hydrogen-bond acceptors (Lipinski definition) is 3. The summed E-state index contributed by atoms with van der Waals surface area (Å²) < 4.78 is 0. The number of likely N-dealkylation sites (N-methyl/N-ethyl adjacent to an activating group) is 1. The number of allylic oxidation sites excluding steroid dienone is 1. The largest absolute Gasteiger partial charge is 0.314 e. The summed E-state index contributed by atoms with van der Waals surface area (Å²) in [4.78, 5) is 28.3. The summed E-state index contributed by atoms with van der Waals surface area (Å²) in [5.41, 5.74) is 2.32. The first-order valence-corrected chi connectivity index (χ1v) is 9.24. The minimum Gasteiger partial charge on any atom is -0.314 e. The molecule has 0 bridgehead atoms. The zero-order valence-corrected chi connectivity index (χ0v) is 15.0. The number of thioether (sulfide) groups is 1. The number of amides is 1. The number of benzene rings is 2. The Hall–Kier alpha value is -2.33. The third kappa shape index (κ3) is 2.35. The number of ketones is 1. The Morgan fingerprint density at radius 3 is 2.60 bits per heavy atom. The highest BCUT2D eigenvalue weighted by Gasteiger charge is 2.55. The summed E-state index contributed by atoms with van der Waals surface area (Å²) >= 11 is 1.64. The predicted molar refractivity (Wildman–Crippen MR) is 101 cm³/mol. The molecule has 4 heteroatoms. The van der Waals surface area contributed by atoms with Crippen molar-refractivity contribution in [1.82, 2.24) is 0 Å². The zero-order chi connectivity index (χ0) is 17.6. The van der Waals surface area contributed by atoms with Gasteiger partial charge < -0.3 is 4.90 Å². The summed E-state index contributed by atoms with van der Waals surface area (Å²) in [6, 6.07) is 16.0. The topological polar surface area (TPSA) is 37.4 Å². The normalized spacial score (nSPS) is 24.9. The van der Waals surface area contributed by atoms with Crippen molar-refractivity contribution in [1.29, 1.82) is 0 Å². The van der Waals surface area contributed by atoms with Crippen LogP contribution < -0.4 is 4.90 Å². The SMILES string of the molecule is Cc1ccccc1SC1CC(=O)C=CC12C(=O)N(C)c1ccccc12. The van der Waals surface area contributed by atoms with E-state index < -0.39 is 5.41 Å². The number of fused-ring (bicyclic) bond motifs is 2. The van der Waals surface area contributed by atoms with Crippen molar-refractivity contribution in [2.75, 3.05) is 11.9 Å². The van der Waals surface area contributed by atoms with Crippen LogP contribution in [-0.2, 0) is 15.0 Å². The summed E-state index contributed by atoms with van der Waals surface area (Å²) in [5.74, 6) is 0.125. The van der Waals surface area contributed by atoms with E-state index in [4.69, 9.17) is 0 Å². The van der Waals surface area contributed by atoms with Crippen LogP contribution in [0.2, 0.25) is 0 Å². The van der Waals surface area contributed by atoms with E-state index in [2.05, 4.69) is 19.1 Å². The monoisotopic (exact) mass is 349 g/mol. The molecule has 2 unspecified atom stereocenters. The molecule has 2 atom stereocenters. The van der Waals surface area contributed by atoms with Crippen molar-refractivity contribution >= 4 is 29.1 Å². The van der Waals surface area contributed by atoms with Gasteiger partial charge in [0.25, 0.3) is 0 Å². The first-order valence-electron chi connectivity index (χ1n) is 8.36. The summed E-state index contributed by atoms with van der Waals surface area (Å²) in [6.45, 7) is 2.06. The van der Waals surface area contributed by atoms with Crippen LogP contribution in [0.1, 0.15) is 17.5 Å². The molecular formula is C21H19NO2S. The number of rotatable bonds is 2. The van der Waals surface area contributed by atoms with E-state index in [1.165, 1.54) is 0 Å². The third-order valence-corrected chi connectivity index (χ3v) is 6.69. The number of aryl methyl sites for hydroxylation is 1. The molecular weight excluding hydrogens is 330 g/mol. The molecule has 0 N–H and O–H groups in total. The second kappa shape index (κ2) is 5.88. The molecule has 1 aliphatic heterocycles. The smallest absolute Gasteiger partial charge is 0.242 e.